The van der Waals surface area contributed by atoms with E-state index in [4.69, 9.17) is 15.2 Å². The van der Waals surface area contributed by atoms with Crippen LogP contribution in [0.5, 0.6) is 11.5 Å². The molecule has 1 aliphatic rings. The number of carbonyl (C=O) groups excluding carboxylic acids is 1. The summed E-state index contributed by atoms with van der Waals surface area (Å²) < 4.78 is 10.8. The van der Waals surface area contributed by atoms with Crippen molar-refractivity contribution in [2.75, 3.05) is 20.3 Å². The number of hydrogen-bond donors (Lipinski definition) is 2. The lowest BCUT2D eigenvalue weighted by Crippen LogP contribution is -2.41. The summed E-state index contributed by atoms with van der Waals surface area (Å²) in [6, 6.07) is 5.57. The Morgan fingerprint density at radius 1 is 1.50 bits per heavy atom. The average Bonchev–Trinajstić information content (AvgIpc) is 2.57. The van der Waals surface area contributed by atoms with Crippen LogP contribution in [-0.2, 0) is 4.79 Å². The molecule has 0 aliphatic carbocycles. The molecule has 1 heterocycles. The minimum atomic E-state index is -0.111. The number of rotatable bonds is 7. The number of nitrogens with one attached hydrogen (secondary N) is 1. The molecule has 0 radical (unpaired) electrons. The van der Waals surface area contributed by atoms with Crippen LogP contribution in [0.4, 0.5) is 0 Å². The average molecular weight is 304 g/mol. The summed E-state index contributed by atoms with van der Waals surface area (Å²) in [6.07, 6.45) is 4.89. The second-order valence-electron chi connectivity index (χ2n) is 5.41. The molecule has 5 heteroatoms. The predicted octanol–water partition coefficient (Wildman–Crippen LogP) is 2.10. The third-order valence-corrected chi connectivity index (χ3v) is 3.75. The van der Waals surface area contributed by atoms with Crippen molar-refractivity contribution in [2.24, 2.45) is 5.73 Å². The molecule has 22 heavy (non-hydrogen) atoms. The second-order valence-corrected chi connectivity index (χ2v) is 5.41. The van der Waals surface area contributed by atoms with E-state index >= 15 is 0 Å². The van der Waals surface area contributed by atoms with Gasteiger partial charge in [0, 0.05) is 18.2 Å². The highest BCUT2D eigenvalue weighted by molar-refractivity contribution is 5.99. The molecule has 0 saturated heterocycles. The van der Waals surface area contributed by atoms with Crippen molar-refractivity contribution in [1.29, 1.82) is 0 Å². The van der Waals surface area contributed by atoms with Crippen LogP contribution in [0.25, 0.3) is 6.08 Å². The molecule has 1 unspecified atom stereocenters. The number of methoxy groups -OCH3 is 1. The molecule has 0 fully saturated rings. The zero-order valence-electron chi connectivity index (χ0n) is 13.2. The minimum Gasteiger partial charge on any atom is -0.497 e. The maximum atomic E-state index is 12.3. The van der Waals surface area contributed by atoms with Gasteiger partial charge in [0.1, 0.15) is 18.1 Å². The summed E-state index contributed by atoms with van der Waals surface area (Å²) in [6.45, 7) is 2.84. The Morgan fingerprint density at radius 3 is 3.00 bits per heavy atom. The van der Waals surface area contributed by atoms with Crippen LogP contribution in [0.3, 0.4) is 0 Å². The molecule has 0 bridgehead atoms. The minimum absolute atomic E-state index is 0.0139. The number of nitrogens with two attached hydrogens (primary N) is 1. The Hall–Kier alpha value is -2.01. The molecule has 2 rings (SSSR count). The van der Waals surface area contributed by atoms with Gasteiger partial charge < -0.3 is 20.5 Å². The smallest absolute Gasteiger partial charge is 0.250 e. The largest absolute Gasteiger partial charge is 0.497 e. The highest BCUT2D eigenvalue weighted by Crippen LogP contribution is 2.29. The van der Waals surface area contributed by atoms with Gasteiger partial charge in [0.2, 0.25) is 0 Å². The van der Waals surface area contributed by atoms with Crippen molar-refractivity contribution in [1.82, 2.24) is 5.32 Å². The van der Waals surface area contributed by atoms with Gasteiger partial charge in [-0.15, -0.1) is 0 Å². The van der Waals surface area contributed by atoms with Gasteiger partial charge in [-0.2, -0.15) is 0 Å². The number of amides is 1. The third-order valence-electron chi connectivity index (χ3n) is 3.75. The summed E-state index contributed by atoms with van der Waals surface area (Å²) in [5.74, 6) is 1.39. The molecule has 0 saturated carbocycles. The highest BCUT2D eigenvalue weighted by Gasteiger charge is 2.19. The molecule has 1 aliphatic heterocycles. The number of benzene rings is 1. The molecule has 1 amide bonds. The number of unbranched alkanes of at least 4 members (excludes halogenated alkanes) is 1. The molecule has 1 atom stereocenters. The van der Waals surface area contributed by atoms with Crippen molar-refractivity contribution >= 4 is 12.0 Å². The molecule has 1 aromatic rings. The lowest BCUT2D eigenvalue weighted by atomic mass is 10.1. The quantitative estimate of drug-likeness (QED) is 0.809. The van der Waals surface area contributed by atoms with E-state index in [2.05, 4.69) is 12.2 Å². The second kappa shape index (κ2) is 7.84. The van der Waals surface area contributed by atoms with Gasteiger partial charge in [0.05, 0.1) is 12.7 Å². The first-order chi connectivity index (χ1) is 10.7. The van der Waals surface area contributed by atoms with Gasteiger partial charge in [-0.05, 0) is 30.7 Å². The van der Waals surface area contributed by atoms with Gasteiger partial charge in [0.25, 0.3) is 5.91 Å². The molecule has 5 nitrogen and oxygen atoms in total. The van der Waals surface area contributed by atoms with Crippen LogP contribution in [0.15, 0.2) is 23.8 Å². The fraction of sp³-hybridized carbons (Fsp3) is 0.471. The number of ether oxygens (including phenoxy) is 2. The lowest BCUT2D eigenvalue weighted by Gasteiger charge is -2.21. The Morgan fingerprint density at radius 2 is 2.32 bits per heavy atom. The van der Waals surface area contributed by atoms with E-state index in [-0.39, 0.29) is 18.6 Å². The normalized spacial score (nSPS) is 14.4. The Bertz CT molecular complexity index is 555. The van der Waals surface area contributed by atoms with E-state index in [9.17, 15) is 4.79 Å². The molecule has 1 aromatic carbocycles. The van der Waals surface area contributed by atoms with Crippen molar-refractivity contribution in [2.45, 2.75) is 32.2 Å². The lowest BCUT2D eigenvalue weighted by molar-refractivity contribution is -0.118. The first kappa shape index (κ1) is 16.4. The third kappa shape index (κ3) is 4.01. The van der Waals surface area contributed by atoms with Crippen LogP contribution in [0, 0.1) is 0 Å². The van der Waals surface area contributed by atoms with Crippen molar-refractivity contribution in [3.63, 3.8) is 0 Å². The first-order valence-corrected chi connectivity index (χ1v) is 7.70. The molecule has 0 aromatic heterocycles. The van der Waals surface area contributed by atoms with Gasteiger partial charge in [-0.25, -0.2) is 0 Å². The molecular weight excluding hydrogens is 280 g/mol. The van der Waals surface area contributed by atoms with Crippen LogP contribution >= 0.6 is 0 Å². The standard InChI is InChI=1S/C17H24N2O3/c1-3-4-5-14(10-18)19-17(20)13-8-12-9-15(21-2)6-7-16(12)22-11-13/h6-9,14H,3-5,10-11,18H2,1-2H3,(H,19,20). The maximum Gasteiger partial charge on any atom is 0.250 e. The Kier molecular flexibility index (Phi) is 5.83. The fourth-order valence-corrected chi connectivity index (χ4v) is 2.39. The van der Waals surface area contributed by atoms with Gasteiger partial charge in [0.15, 0.2) is 0 Å². The number of hydrogen-bond acceptors (Lipinski definition) is 4. The van der Waals surface area contributed by atoms with E-state index in [1.807, 2.05) is 24.3 Å². The SMILES string of the molecule is CCCCC(CN)NC(=O)C1=Cc2cc(OC)ccc2OC1. The summed E-state index contributed by atoms with van der Waals surface area (Å²) in [5.41, 5.74) is 7.19. The van der Waals surface area contributed by atoms with Crippen molar-refractivity contribution in [3.8, 4) is 11.5 Å². The number of fused-ring (bicyclic) bond motifs is 1. The number of carbonyl (C=O) groups is 1. The van der Waals surface area contributed by atoms with E-state index in [1.165, 1.54) is 0 Å². The van der Waals surface area contributed by atoms with E-state index in [1.54, 1.807) is 7.11 Å². The van der Waals surface area contributed by atoms with Crippen LogP contribution in [0.1, 0.15) is 31.7 Å². The summed E-state index contributed by atoms with van der Waals surface area (Å²) in [5, 5.41) is 2.99. The van der Waals surface area contributed by atoms with Gasteiger partial charge in [-0.1, -0.05) is 19.8 Å². The molecule has 0 spiro atoms. The fourth-order valence-electron chi connectivity index (χ4n) is 2.39. The van der Waals surface area contributed by atoms with Crippen LogP contribution < -0.4 is 20.5 Å². The molecule has 120 valence electrons. The molecular formula is C17H24N2O3. The summed E-state index contributed by atoms with van der Waals surface area (Å²) >= 11 is 0. The monoisotopic (exact) mass is 304 g/mol. The summed E-state index contributed by atoms with van der Waals surface area (Å²) in [7, 11) is 1.61. The van der Waals surface area contributed by atoms with Gasteiger partial charge in [-0.3, -0.25) is 4.79 Å². The first-order valence-electron chi connectivity index (χ1n) is 7.70. The van der Waals surface area contributed by atoms with E-state index in [0.29, 0.717) is 12.1 Å². The summed E-state index contributed by atoms with van der Waals surface area (Å²) in [4.78, 5) is 12.3. The van der Waals surface area contributed by atoms with Crippen molar-refractivity contribution in [3.05, 3.63) is 29.3 Å². The zero-order valence-corrected chi connectivity index (χ0v) is 13.2. The highest BCUT2D eigenvalue weighted by atomic mass is 16.5. The molecule has 3 N–H and O–H groups in total. The van der Waals surface area contributed by atoms with Gasteiger partial charge >= 0.3 is 0 Å². The zero-order chi connectivity index (χ0) is 15.9. The van der Waals surface area contributed by atoms with Crippen LogP contribution in [-0.4, -0.2) is 32.2 Å². The predicted molar refractivity (Wildman–Crippen MR) is 87.0 cm³/mol. The van der Waals surface area contributed by atoms with Crippen LogP contribution in [0.2, 0.25) is 0 Å². The Labute approximate surface area is 131 Å². The van der Waals surface area contributed by atoms with E-state index < -0.39 is 0 Å². The van der Waals surface area contributed by atoms with Crippen molar-refractivity contribution < 1.29 is 14.3 Å². The van der Waals surface area contributed by atoms with E-state index in [0.717, 1.165) is 36.3 Å². The maximum absolute atomic E-state index is 12.3. The topological polar surface area (TPSA) is 73.6 Å². The Balaban J connectivity index is 2.08.